The summed E-state index contributed by atoms with van der Waals surface area (Å²) in [6, 6.07) is 4.45. The van der Waals surface area contributed by atoms with E-state index in [-0.39, 0.29) is 12.2 Å². The second-order valence-corrected chi connectivity index (χ2v) is 5.08. The molecule has 2 nitrogen and oxygen atoms in total. The second kappa shape index (κ2) is 4.83. The van der Waals surface area contributed by atoms with Crippen LogP contribution in [-0.2, 0) is 11.2 Å². The summed E-state index contributed by atoms with van der Waals surface area (Å²) in [7, 11) is 0. The standard InChI is InChI=1S/C12H14ClFO2/c1-12(2,7-11(15)16)6-8-3-4-9(13)5-10(8)14/h3-5H,6-7H2,1-2H3,(H,15,16). The van der Waals surface area contributed by atoms with Gasteiger partial charge in [-0.2, -0.15) is 0 Å². The van der Waals surface area contributed by atoms with Crippen LogP contribution >= 0.6 is 11.6 Å². The summed E-state index contributed by atoms with van der Waals surface area (Å²) in [4.78, 5) is 10.6. The number of carbonyl (C=O) groups is 1. The monoisotopic (exact) mass is 244 g/mol. The Kier molecular flexibility index (Phi) is 3.92. The molecule has 1 N–H and O–H groups in total. The zero-order chi connectivity index (χ0) is 12.3. The minimum atomic E-state index is -0.876. The van der Waals surface area contributed by atoms with Crippen LogP contribution in [0, 0.1) is 11.2 Å². The van der Waals surface area contributed by atoms with Crippen molar-refractivity contribution in [2.24, 2.45) is 5.41 Å². The zero-order valence-corrected chi connectivity index (χ0v) is 10.0. The van der Waals surface area contributed by atoms with Gasteiger partial charge in [0, 0.05) is 5.02 Å². The maximum absolute atomic E-state index is 13.5. The molecule has 1 aromatic carbocycles. The first-order chi connectivity index (χ1) is 7.30. The lowest BCUT2D eigenvalue weighted by Crippen LogP contribution is -2.20. The highest BCUT2D eigenvalue weighted by molar-refractivity contribution is 6.30. The number of rotatable bonds is 4. The van der Waals surface area contributed by atoms with Crippen LogP contribution in [0.2, 0.25) is 5.02 Å². The summed E-state index contributed by atoms with van der Waals surface area (Å²) in [6.45, 7) is 3.60. The third kappa shape index (κ3) is 3.81. The quantitative estimate of drug-likeness (QED) is 0.880. The molecular weight excluding hydrogens is 231 g/mol. The Labute approximate surface area is 99.0 Å². The fourth-order valence-electron chi connectivity index (χ4n) is 1.65. The normalized spacial score (nSPS) is 11.5. The molecule has 0 saturated heterocycles. The van der Waals surface area contributed by atoms with E-state index >= 15 is 0 Å². The van der Waals surface area contributed by atoms with Gasteiger partial charge in [-0.1, -0.05) is 31.5 Å². The number of hydrogen-bond donors (Lipinski definition) is 1. The number of aliphatic carboxylic acids is 1. The van der Waals surface area contributed by atoms with Gasteiger partial charge in [-0.05, 0) is 29.5 Å². The van der Waals surface area contributed by atoms with Gasteiger partial charge in [0.25, 0.3) is 0 Å². The Morgan fingerprint density at radius 3 is 2.62 bits per heavy atom. The molecular formula is C12H14ClFO2. The molecule has 4 heteroatoms. The van der Waals surface area contributed by atoms with Crippen molar-refractivity contribution < 1.29 is 14.3 Å². The molecule has 0 aliphatic heterocycles. The van der Waals surface area contributed by atoms with Crippen LogP contribution in [-0.4, -0.2) is 11.1 Å². The highest BCUT2D eigenvalue weighted by Crippen LogP contribution is 2.28. The van der Waals surface area contributed by atoms with Crippen LogP contribution in [0.15, 0.2) is 18.2 Å². The van der Waals surface area contributed by atoms with Gasteiger partial charge in [0.2, 0.25) is 0 Å². The van der Waals surface area contributed by atoms with E-state index in [1.165, 1.54) is 6.07 Å². The van der Waals surface area contributed by atoms with E-state index in [0.717, 1.165) is 0 Å². The van der Waals surface area contributed by atoms with E-state index < -0.39 is 11.4 Å². The molecule has 0 aromatic heterocycles. The molecule has 0 spiro atoms. The predicted molar refractivity (Wildman–Crippen MR) is 61.1 cm³/mol. The van der Waals surface area contributed by atoms with Gasteiger partial charge in [-0.15, -0.1) is 0 Å². The summed E-state index contributed by atoms with van der Waals surface area (Å²) >= 11 is 5.64. The molecule has 0 saturated carbocycles. The molecule has 0 heterocycles. The van der Waals surface area contributed by atoms with E-state index in [1.54, 1.807) is 26.0 Å². The molecule has 0 aliphatic rings. The third-order valence-corrected chi connectivity index (χ3v) is 2.55. The molecule has 0 unspecified atom stereocenters. The van der Waals surface area contributed by atoms with E-state index in [4.69, 9.17) is 16.7 Å². The third-order valence-electron chi connectivity index (χ3n) is 2.31. The Morgan fingerprint density at radius 2 is 2.12 bits per heavy atom. The fraction of sp³-hybridized carbons (Fsp3) is 0.417. The Bertz CT molecular complexity index is 402. The van der Waals surface area contributed by atoms with Crippen molar-refractivity contribution in [3.8, 4) is 0 Å². The summed E-state index contributed by atoms with van der Waals surface area (Å²) in [5.41, 5.74) is 0.0242. The van der Waals surface area contributed by atoms with Gasteiger partial charge in [0.15, 0.2) is 0 Å². The molecule has 0 aliphatic carbocycles. The molecule has 0 fully saturated rings. The molecule has 0 amide bonds. The number of halogens is 2. The van der Waals surface area contributed by atoms with E-state index in [9.17, 15) is 9.18 Å². The topological polar surface area (TPSA) is 37.3 Å². The van der Waals surface area contributed by atoms with Gasteiger partial charge >= 0.3 is 5.97 Å². The molecule has 88 valence electrons. The van der Waals surface area contributed by atoms with Crippen LogP contribution < -0.4 is 0 Å². The van der Waals surface area contributed by atoms with E-state index in [1.807, 2.05) is 0 Å². The summed E-state index contributed by atoms with van der Waals surface area (Å²) in [5, 5.41) is 9.07. The summed E-state index contributed by atoms with van der Waals surface area (Å²) < 4.78 is 13.5. The number of carboxylic acids is 1. The Balaban J connectivity index is 2.83. The lowest BCUT2D eigenvalue weighted by atomic mass is 9.82. The smallest absolute Gasteiger partial charge is 0.303 e. The van der Waals surface area contributed by atoms with Gasteiger partial charge in [-0.25, -0.2) is 4.39 Å². The molecule has 16 heavy (non-hydrogen) atoms. The van der Waals surface area contributed by atoms with Crippen molar-refractivity contribution in [1.29, 1.82) is 0 Å². The average molecular weight is 245 g/mol. The number of benzene rings is 1. The van der Waals surface area contributed by atoms with E-state index in [0.29, 0.717) is 17.0 Å². The first-order valence-corrected chi connectivity index (χ1v) is 5.34. The van der Waals surface area contributed by atoms with E-state index in [2.05, 4.69) is 0 Å². The highest BCUT2D eigenvalue weighted by Gasteiger charge is 2.23. The molecule has 0 bridgehead atoms. The van der Waals surface area contributed by atoms with Crippen LogP contribution in [0.3, 0.4) is 0 Å². The van der Waals surface area contributed by atoms with Crippen LogP contribution in [0.1, 0.15) is 25.8 Å². The van der Waals surface area contributed by atoms with Gasteiger partial charge < -0.3 is 5.11 Å². The van der Waals surface area contributed by atoms with Crippen LogP contribution in [0.5, 0.6) is 0 Å². The lowest BCUT2D eigenvalue weighted by Gasteiger charge is -2.22. The van der Waals surface area contributed by atoms with Crippen molar-refractivity contribution in [2.45, 2.75) is 26.7 Å². The number of hydrogen-bond acceptors (Lipinski definition) is 1. The van der Waals surface area contributed by atoms with Gasteiger partial charge in [0.1, 0.15) is 5.82 Å². The Hall–Kier alpha value is -1.09. The van der Waals surface area contributed by atoms with Gasteiger partial charge in [-0.3, -0.25) is 4.79 Å². The minimum absolute atomic E-state index is 0.00899. The van der Waals surface area contributed by atoms with Crippen molar-refractivity contribution in [2.75, 3.05) is 0 Å². The predicted octanol–water partition coefficient (Wildman–Crippen LogP) is 3.52. The Morgan fingerprint density at radius 1 is 1.50 bits per heavy atom. The SMILES string of the molecule is CC(C)(CC(=O)O)Cc1ccc(Cl)cc1F. The molecule has 0 atom stereocenters. The minimum Gasteiger partial charge on any atom is -0.481 e. The summed E-state index contributed by atoms with van der Waals surface area (Å²) in [6.07, 6.45) is 0.386. The fourth-order valence-corrected chi connectivity index (χ4v) is 1.81. The average Bonchev–Trinajstić information content (AvgIpc) is 2.07. The number of carboxylic acid groups (broad SMARTS) is 1. The van der Waals surface area contributed by atoms with Crippen molar-refractivity contribution in [1.82, 2.24) is 0 Å². The second-order valence-electron chi connectivity index (χ2n) is 4.65. The maximum atomic E-state index is 13.5. The van der Waals surface area contributed by atoms with Crippen LogP contribution in [0.4, 0.5) is 4.39 Å². The first kappa shape index (κ1) is 13.0. The summed E-state index contributed by atoms with van der Waals surface area (Å²) in [5.74, 6) is -1.26. The first-order valence-electron chi connectivity index (χ1n) is 4.96. The lowest BCUT2D eigenvalue weighted by molar-refractivity contribution is -0.139. The molecule has 1 aromatic rings. The molecule has 1 rings (SSSR count). The van der Waals surface area contributed by atoms with Crippen molar-refractivity contribution in [3.63, 3.8) is 0 Å². The largest absolute Gasteiger partial charge is 0.481 e. The zero-order valence-electron chi connectivity index (χ0n) is 9.26. The van der Waals surface area contributed by atoms with Crippen molar-refractivity contribution in [3.05, 3.63) is 34.6 Å². The van der Waals surface area contributed by atoms with Crippen molar-refractivity contribution >= 4 is 17.6 Å². The highest BCUT2D eigenvalue weighted by atomic mass is 35.5. The van der Waals surface area contributed by atoms with Crippen LogP contribution in [0.25, 0.3) is 0 Å². The maximum Gasteiger partial charge on any atom is 0.303 e. The van der Waals surface area contributed by atoms with Gasteiger partial charge in [0.05, 0.1) is 6.42 Å². The molecule has 0 radical (unpaired) electrons.